The first-order valence-corrected chi connectivity index (χ1v) is 6.04. The molecule has 0 heterocycles. The molecule has 1 N–H and O–H groups in total. The quantitative estimate of drug-likeness (QED) is 0.721. The SMILES string of the molecule is CC=C(CCCCC)NC(=O)OC(C)(C)C. The van der Waals surface area contributed by atoms with Gasteiger partial charge in [-0.05, 0) is 40.5 Å². The van der Waals surface area contributed by atoms with Crippen LogP contribution in [0.1, 0.15) is 60.3 Å². The minimum absolute atomic E-state index is 0.364. The molecule has 0 saturated heterocycles. The third-order valence-electron chi connectivity index (χ3n) is 2.06. The normalized spacial score (nSPS) is 12.4. The summed E-state index contributed by atoms with van der Waals surface area (Å²) < 4.78 is 5.19. The van der Waals surface area contributed by atoms with Gasteiger partial charge in [0, 0.05) is 5.70 Å². The molecule has 0 saturated carbocycles. The first-order chi connectivity index (χ1) is 7.39. The number of nitrogens with one attached hydrogen (secondary N) is 1. The molecule has 0 aromatic rings. The molecule has 0 aromatic carbocycles. The van der Waals surface area contributed by atoms with E-state index in [4.69, 9.17) is 4.74 Å². The van der Waals surface area contributed by atoms with Crippen molar-refractivity contribution in [2.24, 2.45) is 0 Å². The van der Waals surface area contributed by atoms with Gasteiger partial charge in [0.25, 0.3) is 0 Å². The first kappa shape index (κ1) is 15.0. The maximum Gasteiger partial charge on any atom is 0.411 e. The van der Waals surface area contributed by atoms with Gasteiger partial charge in [-0.15, -0.1) is 0 Å². The summed E-state index contributed by atoms with van der Waals surface area (Å²) >= 11 is 0. The van der Waals surface area contributed by atoms with Crippen LogP contribution in [-0.2, 0) is 4.74 Å². The van der Waals surface area contributed by atoms with Crippen LogP contribution in [0.3, 0.4) is 0 Å². The van der Waals surface area contributed by atoms with E-state index in [0.29, 0.717) is 0 Å². The van der Waals surface area contributed by atoms with Gasteiger partial charge in [0.2, 0.25) is 0 Å². The molecular formula is C13H25NO2. The van der Waals surface area contributed by atoms with E-state index < -0.39 is 5.60 Å². The van der Waals surface area contributed by atoms with Gasteiger partial charge in [-0.3, -0.25) is 5.32 Å². The maximum absolute atomic E-state index is 11.5. The van der Waals surface area contributed by atoms with Crippen LogP contribution in [0.15, 0.2) is 11.8 Å². The zero-order valence-electron chi connectivity index (χ0n) is 11.2. The summed E-state index contributed by atoms with van der Waals surface area (Å²) in [6.07, 6.45) is 5.95. The first-order valence-electron chi connectivity index (χ1n) is 6.04. The van der Waals surface area contributed by atoms with Crippen molar-refractivity contribution in [1.29, 1.82) is 0 Å². The molecule has 0 bridgehead atoms. The molecule has 0 atom stereocenters. The third kappa shape index (κ3) is 8.33. The van der Waals surface area contributed by atoms with Gasteiger partial charge in [0.1, 0.15) is 5.60 Å². The van der Waals surface area contributed by atoms with E-state index in [2.05, 4.69) is 12.2 Å². The Morgan fingerprint density at radius 1 is 1.31 bits per heavy atom. The predicted molar refractivity (Wildman–Crippen MR) is 67.3 cm³/mol. The number of hydrogen-bond acceptors (Lipinski definition) is 2. The van der Waals surface area contributed by atoms with Gasteiger partial charge in [-0.2, -0.15) is 0 Å². The third-order valence-corrected chi connectivity index (χ3v) is 2.06. The van der Waals surface area contributed by atoms with Crippen molar-refractivity contribution < 1.29 is 9.53 Å². The topological polar surface area (TPSA) is 38.3 Å². The maximum atomic E-state index is 11.5. The van der Waals surface area contributed by atoms with Crippen molar-refractivity contribution in [1.82, 2.24) is 5.32 Å². The van der Waals surface area contributed by atoms with E-state index in [1.165, 1.54) is 12.8 Å². The number of carbonyl (C=O) groups is 1. The lowest BCUT2D eigenvalue weighted by Gasteiger charge is -2.20. The van der Waals surface area contributed by atoms with Crippen LogP contribution in [0, 0.1) is 0 Å². The molecule has 0 fully saturated rings. The molecule has 0 aromatic heterocycles. The summed E-state index contributed by atoms with van der Waals surface area (Å²) in [5.74, 6) is 0. The van der Waals surface area contributed by atoms with Gasteiger partial charge < -0.3 is 4.74 Å². The highest BCUT2D eigenvalue weighted by molar-refractivity contribution is 5.69. The lowest BCUT2D eigenvalue weighted by molar-refractivity contribution is 0.0544. The summed E-state index contributed by atoms with van der Waals surface area (Å²) in [7, 11) is 0. The van der Waals surface area contributed by atoms with Gasteiger partial charge in [0.05, 0.1) is 0 Å². The Hall–Kier alpha value is -0.990. The number of amides is 1. The summed E-state index contributed by atoms with van der Waals surface area (Å²) in [5, 5.41) is 2.78. The Balaban J connectivity index is 3.99. The molecule has 0 spiro atoms. The molecule has 94 valence electrons. The van der Waals surface area contributed by atoms with Crippen molar-refractivity contribution in [3.63, 3.8) is 0 Å². The standard InChI is InChI=1S/C13H25NO2/c1-6-8-9-10-11(7-2)14-12(15)16-13(3,4)5/h7H,6,8-10H2,1-5H3,(H,14,15). The largest absolute Gasteiger partial charge is 0.444 e. The zero-order chi connectivity index (χ0) is 12.6. The number of hydrogen-bond donors (Lipinski definition) is 1. The van der Waals surface area contributed by atoms with E-state index in [1.54, 1.807) is 0 Å². The predicted octanol–water partition coefficient (Wildman–Crippen LogP) is 4.00. The van der Waals surface area contributed by atoms with Gasteiger partial charge >= 0.3 is 6.09 Å². The van der Waals surface area contributed by atoms with Crippen molar-refractivity contribution in [3.8, 4) is 0 Å². The monoisotopic (exact) mass is 227 g/mol. The molecule has 16 heavy (non-hydrogen) atoms. The number of alkyl carbamates (subject to hydrolysis) is 1. The second kappa shape index (κ2) is 7.31. The van der Waals surface area contributed by atoms with E-state index in [1.807, 2.05) is 33.8 Å². The molecule has 0 radical (unpaired) electrons. The second-order valence-corrected chi connectivity index (χ2v) is 4.90. The lowest BCUT2D eigenvalue weighted by atomic mass is 10.1. The fraction of sp³-hybridized carbons (Fsp3) is 0.769. The number of allylic oxidation sites excluding steroid dienone is 2. The van der Waals surface area contributed by atoms with E-state index >= 15 is 0 Å². The van der Waals surface area contributed by atoms with Crippen molar-refractivity contribution >= 4 is 6.09 Å². The lowest BCUT2D eigenvalue weighted by Crippen LogP contribution is -2.32. The van der Waals surface area contributed by atoms with E-state index in [9.17, 15) is 4.79 Å². The van der Waals surface area contributed by atoms with Crippen LogP contribution in [0.4, 0.5) is 4.79 Å². The van der Waals surface area contributed by atoms with Crippen LogP contribution < -0.4 is 5.32 Å². The van der Waals surface area contributed by atoms with E-state index in [-0.39, 0.29) is 6.09 Å². The molecule has 0 aliphatic carbocycles. The number of ether oxygens (including phenoxy) is 1. The van der Waals surface area contributed by atoms with Crippen LogP contribution in [0.2, 0.25) is 0 Å². The summed E-state index contributed by atoms with van der Waals surface area (Å²) in [4.78, 5) is 11.5. The van der Waals surface area contributed by atoms with Crippen LogP contribution in [0.5, 0.6) is 0 Å². The fourth-order valence-corrected chi connectivity index (χ4v) is 1.28. The number of unbranched alkanes of at least 4 members (excludes halogenated alkanes) is 2. The minimum Gasteiger partial charge on any atom is -0.444 e. The van der Waals surface area contributed by atoms with Crippen LogP contribution >= 0.6 is 0 Å². The molecule has 0 aliphatic rings. The Morgan fingerprint density at radius 2 is 1.94 bits per heavy atom. The smallest absolute Gasteiger partial charge is 0.411 e. The number of rotatable bonds is 5. The van der Waals surface area contributed by atoms with Crippen molar-refractivity contribution in [2.75, 3.05) is 0 Å². The average Bonchev–Trinajstić information content (AvgIpc) is 2.13. The van der Waals surface area contributed by atoms with E-state index in [0.717, 1.165) is 18.5 Å². The Kier molecular flexibility index (Phi) is 6.86. The summed E-state index contributed by atoms with van der Waals surface area (Å²) in [6.45, 7) is 9.67. The molecule has 0 unspecified atom stereocenters. The molecule has 0 rings (SSSR count). The molecule has 1 amide bonds. The zero-order valence-corrected chi connectivity index (χ0v) is 11.2. The fourth-order valence-electron chi connectivity index (χ4n) is 1.28. The molecule has 3 nitrogen and oxygen atoms in total. The highest BCUT2D eigenvalue weighted by atomic mass is 16.6. The Labute approximate surface area is 99.3 Å². The molecular weight excluding hydrogens is 202 g/mol. The Morgan fingerprint density at radius 3 is 2.38 bits per heavy atom. The van der Waals surface area contributed by atoms with Gasteiger partial charge in [-0.25, -0.2) is 4.79 Å². The van der Waals surface area contributed by atoms with Crippen molar-refractivity contribution in [2.45, 2.75) is 65.9 Å². The average molecular weight is 227 g/mol. The highest BCUT2D eigenvalue weighted by Gasteiger charge is 2.16. The molecule has 3 heteroatoms. The Bertz CT molecular complexity index is 239. The highest BCUT2D eigenvalue weighted by Crippen LogP contribution is 2.10. The minimum atomic E-state index is -0.438. The summed E-state index contributed by atoms with van der Waals surface area (Å²) in [6, 6.07) is 0. The second-order valence-electron chi connectivity index (χ2n) is 4.90. The van der Waals surface area contributed by atoms with Crippen LogP contribution in [-0.4, -0.2) is 11.7 Å². The summed E-state index contributed by atoms with van der Waals surface area (Å²) in [5.41, 5.74) is 0.509. The van der Waals surface area contributed by atoms with Gasteiger partial charge in [0.15, 0.2) is 0 Å². The van der Waals surface area contributed by atoms with Gasteiger partial charge in [-0.1, -0.05) is 25.8 Å². The van der Waals surface area contributed by atoms with Crippen LogP contribution in [0.25, 0.3) is 0 Å². The molecule has 0 aliphatic heterocycles. The van der Waals surface area contributed by atoms with Crippen molar-refractivity contribution in [3.05, 3.63) is 11.8 Å². The number of carbonyl (C=O) groups excluding carboxylic acids is 1.